The van der Waals surface area contributed by atoms with Gasteiger partial charge in [-0.3, -0.25) is 19.3 Å². The van der Waals surface area contributed by atoms with Gasteiger partial charge in [-0.15, -0.1) is 0 Å². The standard InChI is InChI=1S/C24H21ClN4O3/c1-16(30)26-18-10-12-20(13-11-18)29-22(31)15-28-14-4-3-5-21(28)24(29,2)23(32)27-19-8-6-17(25)7-9-19/h3-14H,15H2,1-2H3,(H-,26,27,30,32)/p+1/t24-/m1/s1. The average Bonchev–Trinajstić information content (AvgIpc) is 2.76. The molecule has 1 atom stereocenters. The Labute approximate surface area is 190 Å². The number of anilines is 3. The Hall–Kier alpha value is -3.71. The smallest absolute Gasteiger partial charge is 0.294 e. The molecule has 1 aromatic heterocycles. The number of nitrogens with one attached hydrogen (secondary N) is 2. The maximum absolute atomic E-state index is 13.7. The van der Waals surface area contributed by atoms with Crippen LogP contribution >= 0.6 is 11.6 Å². The molecule has 0 fully saturated rings. The lowest BCUT2D eigenvalue weighted by atomic mass is 9.89. The molecule has 3 aromatic rings. The van der Waals surface area contributed by atoms with Gasteiger partial charge in [0.25, 0.3) is 11.8 Å². The van der Waals surface area contributed by atoms with Crippen LogP contribution in [0.15, 0.2) is 72.9 Å². The summed E-state index contributed by atoms with van der Waals surface area (Å²) >= 11 is 5.96. The molecule has 1 aliphatic heterocycles. The van der Waals surface area contributed by atoms with Gasteiger partial charge in [-0.25, -0.2) is 0 Å². The van der Waals surface area contributed by atoms with Gasteiger partial charge in [-0.2, -0.15) is 4.57 Å². The van der Waals surface area contributed by atoms with Gasteiger partial charge >= 0.3 is 0 Å². The minimum atomic E-state index is -1.33. The summed E-state index contributed by atoms with van der Waals surface area (Å²) in [6.45, 7) is 3.25. The van der Waals surface area contributed by atoms with E-state index < -0.39 is 5.54 Å². The zero-order chi connectivity index (χ0) is 22.9. The van der Waals surface area contributed by atoms with Gasteiger partial charge in [-0.05, 0) is 55.5 Å². The first-order chi connectivity index (χ1) is 15.3. The molecular weight excluding hydrogens is 428 g/mol. The second-order valence-corrected chi connectivity index (χ2v) is 8.14. The van der Waals surface area contributed by atoms with Gasteiger partial charge in [0, 0.05) is 41.1 Å². The number of benzene rings is 2. The largest absolute Gasteiger partial charge is 0.326 e. The number of amides is 3. The van der Waals surface area contributed by atoms with Crippen LogP contribution in [0.4, 0.5) is 17.1 Å². The van der Waals surface area contributed by atoms with E-state index in [1.807, 2.05) is 18.2 Å². The molecule has 2 aromatic carbocycles. The Kier molecular flexibility index (Phi) is 5.67. The van der Waals surface area contributed by atoms with Crippen molar-refractivity contribution in [1.29, 1.82) is 0 Å². The molecule has 0 saturated heterocycles. The number of hydrogen-bond acceptors (Lipinski definition) is 3. The van der Waals surface area contributed by atoms with E-state index in [1.165, 1.54) is 11.8 Å². The molecule has 1 aliphatic rings. The van der Waals surface area contributed by atoms with E-state index in [9.17, 15) is 14.4 Å². The number of halogens is 1. The van der Waals surface area contributed by atoms with E-state index in [0.29, 0.717) is 27.8 Å². The minimum absolute atomic E-state index is 0.105. The van der Waals surface area contributed by atoms with Crippen molar-refractivity contribution in [2.45, 2.75) is 25.9 Å². The van der Waals surface area contributed by atoms with E-state index in [0.717, 1.165) is 0 Å². The lowest BCUT2D eigenvalue weighted by Gasteiger charge is -2.40. The van der Waals surface area contributed by atoms with Crippen LogP contribution in [0, 0.1) is 0 Å². The summed E-state index contributed by atoms with van der Waals surface area (Å²) in [5.41, 5.74) is 1.08. The fourth-order valence-electron chi connectivity index (χ4n) is 3.94. The Morgan fingerprint density at radius 2 is 1.59 bits per heavy atom. The first kappa shape index (κ1) is 21.5. The lowest BCUT2D eigenvalue weighted by molar-refractivity contribution is -0.697. The summed E-state index contributed by atoms with van der Waals surface area (Å²) in [6, 6.07) is 19.1. The number of nitrogens with zero attached hydrogens (tertiary/aromatic N) is 2. The predicted molar refractivity (Wildman–Crippen MR) is 122 cm³/mol. The van der Waals surface area contributed by atoms with Crippen LogP contribution in [0.5, 0.6) is 0 Å². The molecule has 0 unspecified atom stereocenters. The first-order valence-electron chi connectivity index (χ1n) is 10.1. The third-order valence-corrected chi connectivity index (χ3v) is 5.68. The zero-order valence-corrected chi connectivity index (χ0v) is 18.4. The van der Waals surface area contributed by atoms with E-state index in [4.69, 9.17) is 11.6 Å². The van der Waals surface area contributed by atoms with Gasteiger partial charge in [0.15, 0.2) is 6.20 Å². The number of hydrogen-bond donors (Lipinski definition) is 2. The van der Waals surface area contributed by atoms with Gasteiger partial charge < -0.3 is 10.6 Å². The minimum Gasteiger partial charge on any atom is -0.326 e. The molecule has 0 spiro atoms. The highest BCUT2D eigenvalue weighted by molar-refractivity contribution is 6.30. The number of fused-ring (bicyclic) bond motifs is 1. The molecular formula is C24H22ClN4O3+. The van der Waals surface area contributed by atoms with Crippen molar-refractivity contribution >= 4 is 46.4 Å². The molecule has 4 rings (SSSR count). The van der Waals surface area contributed by atoms with Crippen molar-refractivity contribution < 1.29 is 19.0 Å². The molecule has 3 amide bonds. The highest BCUT2D eigenvalue weighted by atomic mass is 35.5. The lowest BCUT2D eigenvalue weighted by Crippen LogP contribution is -2.67. The van der Waals surface area contributed by atoms with Gasteiger partial charge in [0.05, 0.1) is 0 Å². The SMILES string of the molecule is CC(=O)Nc1ccc(N2C(=O)C[n+]3ccccc3[C@]2(C)C(=O)Nc2ccc(Cl)cc2)cc1. The Morgan fingerprint density at radius 3 is 2.25 bits per heavy atom. The Balaban J connectivity index is 1.78. The highest BCUT2D eigenvalue weighted by Crippen LogP contribution is 2.36. The van der Waals surface area contributed by atoms with Crippen LogP contribution in [0.2, 0.25) is 5.02 Å². The summed E-state index contributed by atoms with van der Waals surface area (Å²) in [5, 5.41) is 6.18. The molecule has 8 heteroatoms. The fourth-order valence-corrected chi connectivity index (χ4v) is 4.07. The Morgan fingerprint density at radius 1 is 0.969 bits per heavy atom. The Bertz CT molecular complexity index is 1190. The number of pyridine rings is 1. The normalized spacial score (nSPS) is 17.5. The number of carbonyl (C=O) groups excluding carboxylic acids is 3. The van der Waals surface area contributed by atoms with E-state index in [2.05, 4.69) is 10.6 Å². The van der Waals surface area contributed by atoms with Crippen LogP contribution in [-0.4, -0.2) is 17.7 Å². The summed E-state index contributed by atoms with van der Waals surface area (Å²) < 4.78 is 1.78. The summed E-state index contributed by atoms with van der Waals surface area (Å²) in [7, 11) is 0. The van der Waals surface area contributed by atoms with E-state index in [-0.39, 0.29) is 24.3 Å². The topological polar surface area (TPSA) is 82.4 Å². The number of carbonyl (C=O) groups is 3. The van der Waals surface area contributed by atoms with Crippen LogP contribution in [0.3, 0.4) is 0 Å². The highest BCUT2D eigenvalue weighted by Gasteiger charge is 2.54. The van der Waals surface area contributed by atoms with Crippen molar-refractivity contribution in [3.8, 4) is 0 Å². The quantitative estimate of drug-likeness (QED) is 0.598. The van der Waals surface area contributed by atoms with Crippen LogP contribution in [-0.2, 0) is 26.5 Å². The maximum Gasteiger partial charge on any atom is 0.294 e. The third kappa shape index (κ3) is 3.94. The molecule has 0 saturated carbocycles. The van der Waals surface area contributed by atoms with Crippen LogP contribution in [0.1, 0.15) is 19.5 Å². The fraction of sp³-hybridized carbons (Fsp3) is 0.167. The van der Waals surface area contributed by atoms with E-state index >= 15 is 0 Å². The van der Waals surface area contributed by atoms with Gasteiger partial charge in [0.2, 0.25) is 23.7 Å². The molecule has 0 radical (unpaired) electrons. The molecule has 0 bridgehead atoms. The van der Waals surface area contributed by atoms with Crippen molar-refractivity contribution in [1.82, 2.24) is 0 Å². The van der Waals surface area contributed by atoms with Crippen LogP contribution in [0.25, 0.3) is 0 Å². The van der Waals surface area contributed by atoms with Crippen molar-refractivity contribution in [2.24, 2.45) is 0 Å². The summed E-state index contributed by atoms with van der Waals surface area (Å²) in [4.78, 5) is 39.8. The molecule has 0 aliphatic carbocycles. The predicted octanol–water partition coefficient (Wildman–Crippen LogP) is 3.49. The van der Waals surface area contributed by atoms with Crippen LogP contribution < -0.4 is 20.1 Å². The summed E-state index contributed by atoms with van der Waals surface area (Å²) in [5.74, 6) is -0.780. The van der Waals surface area contributed by atoms with E-state index in [1.54, 1.807) is 66.2 Å². The molecule has 2 heterocycles. The monoisotopic (exact) mass is 449 g/mol. The summed E-state index contributed by atoms with van der Waals surface area (Å²) in [6.07, 6.45) is 1.79. The van der Waals surface area contributed by atoms with Gasteiger partial charge in [-0.1, -0.05) is 17.7 Å². The first-order valence-corrected chi connectivity index (χ1v) is 10.4. The molecule has 162 valence electrons. The second kappa shape index (κ2) is 8.43. The third-order valence-electron chi connectivity index (χ3n) is 5.43. The maximum atomic E-state index is 13.7. The van der Waals surface area contributed by atoms with Crippen molar-refractivity contribution in [2.75, 3.05) is 15.5 Å². The second-order valence-electron chi connectivity index (χ2n) is 7.70. The van der Waals surface area contributed by atoms with Crippen molar-refractivity contribution in [3.63, 3.8) is 0 Å². The van der Waals surface area contributed by atoms with Gasteiger partial charge in [0.1, 0.15) is 0 Å². The average molecular weight is 450 g/mol. The molecule has 32 heavy (non-hydrogen) atoms. The number of aromatic nitrogens is 1. The zero-order valence-electron chi connectivity index (χ0n) is 17.6. The molecule has 2 N–H and O–H groups in total. The van der Waals surface area contributed by atoms with Crippen molar-refractivity contribution in [3.05, 3.63) is 83.6 Å². The molecule has 7 nitrogen and oxygen atoms in total. The number of rotatable bonds is 4.